The van der Waals surface area contributed by atoms with Gasteiger partial charge in [0.25, 0.3) is 0 Å². The van der Waals surface area contributed by atoms with Gasteiger partial charge in [0, 0.05) is 11.8 Å². The van der Waals surface area contributed by atoms with Crippen molar-refractivity contribution in [1.82, 2.24) is 4.98 Å². The Morgan fingerprint density at radius 3 is 2.53 bits per heavy atom. The molecule has 0 aliphatic carbocycles. The fraction of sp³-hybridized carbons (Fsp3) is 0.143. The Balaban J connectivity index is 2.34. The SMILES string of the molecule is Cc1cc(-c2ccccc2)cnc1CC(=O)O. The van der Waals surface area contributed by atoms with Crippen LogP contribution in [0.15, 0.2) is 42.6 Å². The summed E-state index contributed by atoms with van der Waals surface area (Å²) < 4.78 is 0. The highest BCUT2D eigenvalue weighted by Gasteiger charge is 2.07. The molecule has 3 nitrogen and oxygen atoms in total. The van der Waals surface area contributed by atoms with E-state index in [1.54, 1.807) is 6.20 Å². The van der Waals surface area contributed by atoms with Crippen LogP contribution >= 0.6 is 0 Å². The average molecular weight is 227 g/mol. The molecule has 1 aromatic carbocycles. The van der Waals surface area contributed by atoms with Crippen LogP contribution in [0.3, 0.4) is 0 Å². The van der Waals surface area contributed by atoms with Crippen LogP contribution in [0.25, 0.3) is 11.1 Å². The maximum atomic E-state index is 10.6. The van der Waals surface area contributed by atoms with E-state index in [0.29, 0.717) is 5.69 Å². The molecule has 1 heterocycles. The smallest absolute Gasteiger partial charge is 0.309 e. The van der Waals surface area contributed by atoms with E-state index < -0.39 is 5.97 Å². The maximum Gasteiger partial charge on any atom is 0.309 e. The van der Waals surface area contributed by atoms with E-state index in [-0.39, 0.29) is 6.42 Å². The Labute approximate surface area is 99.8 Å². The lowest BCUT2D eigenvalue weighted by Crippen LogP contribution is -2.04. The van der Waals surface area contributed by atoms with Gasteiger partial charge in [-0.1, -0.05) is 30.3 Å². The van der Waals surface area contributed by atoms with E-state index in [2.05, 4.69) is 4.98 Å². The third-order valence-electron chi connectivity index (χ3n) is 2.61. The highest BCUT2D eigenvalue weighted by molar-refractivity contribution is 5.71. The van der Waals surface area contributed by atoms with E-state index >= 15 is 0 Å². The molecule has 0 spiro atoms. The first-order valence-electron chi connectivity index (χ1n) is 5.39. The van der Waals surface area contributed by atoms with Crippen molar-refractivity contribution in [3.8, 4) is 11.1 Å². The monoisotopic (exact) mass is 227 g/mol. The summed E-state index contributed by atoms with van der Waals surface area (Å²) in [6.07, 6.45) is 1.70. The zero-order valence-corrected chi connectivity index (χ0v) is 9.55. The van der Waals surface area contributed by atoms with Gasteiger partial charge in [0.15, 0.2) is 0 Å². The number of hydrogen-bond acceptors (Lipinski definition) is 2. The molecule has 2 rings (SSSR count). The molecule has 0 radical (unpaired) electrons. The second kappa shape index (κ2) is 4.78. The van der Waals surface area contributed by atoms with Crippen molar-refractivity contribution >= 4 is 5.97 Å². The van der Waals surface area contributed by atoms with Crippen LogP contribution in [0.1, 0.15) is 11.3 Å². The lowest BCUT2D eigenvalue weighted by atomic mass is 10.0. The molecule has 3 heteroatoms. The number of carbonyl (C=O) groups is 1. The van der Waals surface area contributed by atoms with Crippen molar-refractivity contribution in [3.05, 3.63) is 53.9 Å². The molecular weight excluding hydrogens is 214 g/mol. The number of pyridine rings is 1. The molecule has 0 saturated heterocycles. The number of aryl methyl sites for hydroxylation is 1. The molecule has 0 aliphatic heterocycles. The minimum absolute atomic E-state index is 0.0269. The first-order chi connectivity index (χ1) is 8.16. The van der Waals surface area contributed by atoms with E-state index in [1.807, 2.05) is 43.3 Å². The van der Waals surface area contributed by atoms with Crippen LogP contribution in [-0.2, 0) is 11.2 Å². The number of aromatic nitrogens is 1. The summed E-state index contributed by atoms with van der Waals surface area (Å²) in [6.45, 7) is 1.89. The lowest BCUT2D eigenvalue weighted by molar-refractivity contribution is -0.136. The summed E-state index contributed by atoms with van der Waals surface area (Å²) in [5.41, 5.74) is 3.63. The fourth-order valence-electron chi connectivity index (χ4n) is 1.72. The Morgan fingerprint density at radius 2 is 1.94 bits per heavy atom. The minimum Gasteiger partial charge on any atom is -0.481 e. The normalized spacial score (nSPS) is 10.2. The summed E-state index contributed by atoms with van der Waals surface area (Å²) >= 11 is 0. The molecule has 0 bridgehead atoms. The molecule has 0 unspecified atom stereocenters. The molecule has 86 valence electrons. The summed E-state index contributed by atoms with van der Waals surface area (Å²) in [4.78, 5) is 14.8. The van der Waals surface area contributed by atoms with E-state index in [0.717, 1.165) is 16.7 Å². The van der Waals surface area contributed by atoms with Gasteiger partial charge in [0.2, 0.25) is 0 Å². The van der Waals surface area contributed by atoms with Crippen molar-refractivity contribution in [2.24, 2.45) is 0 Å². The highest BCUT2D eigenvalue weighted by Crippen LogP contribution is 2.20. The van der Waals surface area contributed by atoms with Crippen molar-refractivity contribution in [2.75, 3.05) is 0 Å². The van der Waals surface area contributed by atoms with Crippen molar-refractivity contribution in [2.45, 2.75) is 13.3 Å². The predicted molar refractivity (Wildman–Crippen MR) is 65.7 cm³/mol. The van der Waals surface area contributed by atoms with Gasteiger partial charge >= 0.3 is 5.97 Å². The first-order valence-corrected chi connectivity index (χ1v) is 5.39. The van der Waals surface area contributed by atoms with Gasteiger partial charge in [-0.25, -0.2) is 0 Å². The molecular formula is C14H13NO2. The maximum absolute atomic E-state index is 10.6. The van der Waals surface area contributed by atoms with Gasteiger partial charge in [-0.3, -0.25) is 9.78 Å². The Kier molecular flexibility index (Phi) is 3.19. The number of hydrogen-bond donors (Lipinski definition) is 1. The standard InChI is InChI=1S/C14H13NO2/c1-10-7-12(11-5-3-2-4-6-11)9-15-13(10)8-14(16)17/h2-7,9H,8H2,1H3,(H,16,17). The van der Waals surface area contributed by atoms with Crippen LogP contribution in [0.5, 0.6) is 0 Å². The van der Waals surface area contributed by atoms with Crippen LogP contribution in [0, 0.1) is 6.92 Å². The van der Waals surface area contributed by atoms with Gasteiger partial charge < -0.3 is 5.11 Å². The molecule has 0 aliphatic rings. The quantitative estimate of drug-likeness (QED) is 0.877. The van der Waals surface area contributed by atoms with Crippen LogP contribution in [-0.4, -0.2) is 16.1 Å². The summed E-state index contributed by atoms with van der Waals surface area (Å²) in [7, 11) is 0. The van der Waals surface area contributed by atoms with Crippen LogP contribution in [0.2, 0.25) is 0 Å². The second-order valence-electron chi connectivity index (χ2n) is 3.92. The van der Waals surface area contributed by atoms with E-state index in [1.165, 1.54) is 0 Å². The topological polar surface area (TPSA) is 50.2 Å². The van der Waals surface area contributed by atoms with Gasteiger partial charge in [-0.05, 0) is 24.1 Å². The number of benzene rings is 1. The summed E-state index contributed by atoms with van der Waals surface area (Å²) in [5.74, 6) is -0.854. The van der Waals surface area contributed by atoms with E-state index in [9.17, 15) is 4.79 Å². The number of carboxylic acid groups (broad SMARTS) is 1. The molecule has 1 N–H and O–H groups in total. The molecule has 0 fully saturated rings. The summed E-state index contributed by atoms with van der Waals surface area (Å²) in [6, 6.07) is 11.9. The van der Waals surface area contributed by atoms with Gasteiger partial charge in [0.05, 0.1) is 12.1 Å². The minimum atomic E-state index is -0.854. The van der Waals surface area contributed by atoms with Crippen molar-refractivity contribution in [3.63, 3.8) is 0 Å². The molecule has 0 atom stereocenters. The fourth-order valence-corrected chi connectivity index (χ4v) is 1.72. The Bertz CT molecular complexity index is 535. The second-order valence-corrected chi connectivity index (χ2v) is 3.92. The lowest BCUT2D eigenvalue weighted by Gasteiger charge is -2.06. The predicted octanol–water partition coefficient (Wildman–Crippen LogP) is 2.68. The van der Waals surface area contributed by atoms with Crippen molar-refractivity contribution in [1.29, 1.82) is 0 Å². The molecule has 0 amide bonds. The van der Waals surface area contributed by atoms with Gasteiger partial charge in [-0.15, -0.1) is 0 Å². The third kappa shape index (κ3) is 2.69. The van der Waals surface area contributed by atoms with Gasteiger partial charge in [0.1, 0.15) is 0 Å². The van der Waals surface area contributed by atoms with Crippen LogP contribution < -0.4 is 0 Å². The zero-order chi connectivity index (χ0) is 12.3. The highest BCUT2D eigenvalue weighted by atomic mass is 16.4. The van der Waals surface area contributed by atoms with Crippen LogP contribution in [0.4, 0.5) is 0 Å². The van der Waals surface area contributed by atoms with Gasteiger partial charge in [-0.2, -0.15) is 0 Å². The molecule has 2 aromatic rings. The first kappa shape index (κ1) is 11.3. The third-order valence-corrected chi connectivity index (χ3v) is 2.61. The Hall–Kier alpha value is -2.16. The van der Waals surface area contributed by atoms with Crippen molar-refractivity contribution < 1.29 is 9.90 Å². The number of rotatable bonds is 3. The Morgan fingerprint density at radius 1 is 1.24 bits per heavy atom. The molecule has 1 aromatic heterocycles. The zero-order valence-electron chi connectivity index (χ0n) is 9.55. The summed E-state index contributed by atoms with van der Waals surface area (Å²) in [5, 5.41) is 8.74. The number of nitrogens with zero attached hydrogens (tertiary/aromatic N) is 1. The molecule has 17 heavy (non-hydrogen) atoms. The number of carboxylic acids is 1. The number of aliphatic carboxylic acids is 1. The average Bonchev–Trinajstić information content (AvgIpc) is 2.32. The van der Waals surface area contributed by atoms with E-state index in [4.69, 9.17) is 5.11 Å². The molecule has 0 saturated carbocycles. The largest absolute Gasteiger partial charge is 0.481 e.